The van der Waals surface area contributed by atoms with Crippen molar-refractivity contribution in [3.63, 3.8) is 0 Å². The molecule has 104 valence electrons. The van der Waals surface area contributed by atoms with Crippen LogP contribution in [-0.2, 0) is 13.1 Å². The summed E-state index contributed by atoms with van der Waals surface area (Å²) in [5, 5.41) is 11.1. The Kier molecular flexibility index (Phi) is 4.76. The quantitative estimate of drug-likeness (QED) is 0.746. The number of rotatable bonds is 5. The molecule has 1 fully saturated rings. The van der Waals surface area contributed by atoms with E-state index in [1.165, 1.54) is 5.56 Å². The SMILES string of the molecule is NCc1cccc(CN2CCC(CNC(=O)O)C2)c1. The third-order valence-electron chi connectivity index (χ3n) is 3.55. The van der Waals surface area contributed by atoms with Crippen molar-refractivity contribution in [2.24, 2.45) is 11.7 Å². The number of carboxylic acid groups (broad SMARTS) is 1. The van der Waals surface area contributed by atoms with Crippen LogP contribution in [0, 0.1) is 5.92 Å². The van der Waals surface area contributed by atoms with E-state index < -0.39 is 6.09 Å². The second-order valence-corrected chi connectivity index (χ2v) is 5.10. The van der Waals surface area contributed by atoms with Gasteiger partial charge < -0.3 is 16.2 Å². The normalized spacial score (nSPS) is 19.5. The molecule has 1 saturated heterocycles. The van der Waals surface area contributed by atoms with Crippen LogP contribution in [0.3, 0.4) is 0 Å². The summed E-state index contributed by atoms with van der Waals surface area (Å²) in [5.41, 5.74) is 8.07. The third-order valence-corrected chi connectivity index (χ3v) is 3.55. The van der Waals surface area contributed by atoms with Crippen molar-refractivity contribution in [3.8, 4) is 0 Å². The van der Waals surface area contributed by atoms with Crippen LogP contribution in [0.5, 0.6) is 0 Å². The van der Waals surface area contributed by atoms with E-state index in [1.54, 1.807) is 0 Å². The summed E-state index contributed by atoms with van der Waals surface area (Å²) in [6, 6.07) is 8.33. The topological polar surface area (TPSA) is 78.6 Å². The predicted molar refractivity (Wildman–Crippen MR) is 73.7 cm³/mol. The predicted octanol–water partition coefficient (Wildman–Crippen LogP) is 1.23. The number of benzene rings is 1. The zero-order valence-corrected chi connectivity index (χ0v) is 11.0. The minimum atomic E-state index is -0.936. The number of hydrogen-bond donors (Lipinski definition) is 3. The van der Waals surface area contributed by atoms with E-state index in [-0.39, 0.29) is 0 Å². The molecule has 0 spiro atoms. The highest BCUT2D eigenvalue weighted by atomic mass is 16.4. The van der Waals surface area contributed by atoms with Gasteiger partial charge in [-0.25, -0.2) is 4.79 Å². The number of nitrogens with one attached hydrogen (secondary N) is 1. The van der Waals surface area contributed by atoms with E-state index in [9.17, 15) is 4.79 Å². The highest BCUT2D eigenvalue weighted by Gasteiger charge is 2.22. The smallest absolute Gasteiger partial charge is 0.404 e. The molecule has 1 aromatic carbocycles. The van der Waals surface area contributed by atoms with E-state index in [0.29, 0.717) is 19.0 Å². The van der Waals surface area contributed by atoms with Gasteiger partial charge >= 0.3 is 6.09 Å². The lowest BCUT2D eigenvalue weighted by atomic mass is 10.1. The number of carbonyl (C=O) groups is 1. The van der Waals surface area contributed by atoms with Gasteiger partial charge in [0, 0.05) is 26.2 Å². The lowest BCUT2D eigenvalue weighted by Crippen LogP contribution is -2.29. The summed E-state index contributed by atoms with van der Waals surface area (Å²) in [7, 11) is 0. The van der Waals surface area contributed by atoms with Crippen LogP contribution in [0.2, 0.25) is 0 Å². The molecule has 1 unspecified atom stereocenters. The number of nitrogens with zero attached hydrogens (tertiary/aromatic N) is 1. The van der Waals surface area contributed by atoms with Gasteiger partial charge in [-0.05, 0) is 30.0 Å². The second-order valence-electron chi connectivity index (χ2n) is 5.10. The lowest BCUT2D eigenvalue weighted by molar-refractivity contribution is 0.192. The molecule has 0 saturated carbocycles. The maximum atomic E-state index is 10.5. The van der Waals surface area contributed by atoms with E-state index >= 15 is 0 Å². The Labute approximate surface area is 113 Å². The van der Waals surface area contributed by atoms with Gasteiger partial charge in [-0.15, -0.1) is 0 Å². The minimum Gasteiger partial charge on any atom is -0.465 e. The van der Waals surface area contributed by atoms with Crippen LogP contribution in [0.15, 0.2) is 24.3 Å². The molecule has 0 aliphatic carbocycles. The van der Waals surface area contributed by atoms with Crippen LogP contribution in [0.4, 0.5) is 4.79 Å². The molecule has 1 aliphatic heterocycles. The average molecular weight is 263 g/mol. The Morgan fingerprint density at radius 1 is 1.47 bits per heavy atom. The Bertz CT molecular complexity index is 436. The summed E-state index contributed by atoms with van der Waals surface area (Å²) >= 11 is 0. The highest BCUT2D eigenvalue weighted by Crippen LogP contribution is 2.18. The molecule has 2 rings (SSSR count). The molecule has 19 heavy (non-hydrogen) atoms. The Balaban J connectivity index is 1.82. The van der Waals surface area contributed by atoms with Crippen molar-refractivity contribution >= 4 is 6.09 Å². The molecule has 0 aromatic heterocycles. The summed E-state index contributed by atoms with van der Waals surface area (Å²) in [6.07, 6.45) is 0.116. The maximum Gasteiger partial charge on any atom is 0.404 e. The molecule has 5 nitrogen and oxygen atoms in total. The maximum absolute atomic E-state index is 10.5. The summed E-state index contributed by atoms with van der Waals surface area (Å²) in [4.78, 5) is 12.8. The molecule has 1 atom stereocenters. The van der Waals surface area contributed by atoms with Gasteiger partial charge in [0.2, 0.25) is 0 Å². The highest BCUT2D eigenvalue weighted by molar-refractivity contribution is 5.64. The molecule has 1 amide bonds. The van der Waals surface area contributed by atoms with Gasteiger partial charge in [0.05, 0.1) is 0 Å². The first-order valence-corrected chi connectivity index (χ1v) is 6.64. The van der Waals surface area contributed by atoms with Crippen molar-refractivity contribution in [1.29, 1.82) is 0 Å². The number of likely N-dealkylation sites (tertiary alicyclic amines) is 1. The molecule has 4 N–H and O–H groups in total. The van der Waals surface area contributed by atoms with Crippen LogP contribution in [0.25, 0.3) is 0 Å². The average Bonchev–Trinajstić information content (AvgIpc) is 2.84. The first-order chi connectivity index (χ1) is 9.17. The van der Waals surface area contributed by atoms with E-state index in [4.69, 9.17) is 10.8 Å². The van der Waals surface area contributed by atoms with E-state index in [1.807, 2.05) is 12.1 Å². The van der Waals surface area contributed by atoms with E-state index in [0.717, 1.165) is 31.6 Å². The van der Waals surface area contributed by atoms with Crippen LogP contribution in [-0.4, -0.2) is 35.7 Å². The van der Waals surface area contributed by atoms with Gasteiger partial charge in [-0.1, -0.05) is 24.3 Å². The zero-order valence-electron chi connectivity index (χ0n) is 11.0. The minimum absolute atomic E-state index is 0.425. The van der Waals surface area contributed by atoms with Crippen molar-refractivity contribution in [2.45, 2.75) is 19.5 Å². The molecule has 1 aromatic rings. The Morgan fingerprint density at radius 3 is 3.00 bits per heavy atom. The fraction of sp³-hybridized carbons (Fsp3) is 0.500. The van der Waals surface area contributed by atoms with E-state index in [2.05, 4.69) is 22.3 Å². The van der Waals surface area contributed by atoms with Crippen molar-refractivity contribution in [1.82, 2.24) is 10.2 Å². The van der Waals surface area contributed by atoms with Crippen LogP contribution >= 0.6 is 0 Å². The molecular formula is C14H21N3O2. The Morgan fingerprint density at radius 2 is 2.26 bits per heavy atom. The zero-order chi connectivity index (χ0) is 13.7. The first kappa shape index (κ1) is 13.8. The molecular weight excluding hydrogens is 242 g/mol. The summed E-state index contributed by atoms with van der Waals surface area (Å²) in [6.45, 7) is 4.01. The Hall–Kier alpha value is -1.59. The molecule has 0 radical (unpaired) electrons. The standard InChI is InChI=1S/C14H21N3O2/c15-7-11-2-1-3-12(6-11)9-17-5-4-13(10-17)8-16-14(18)19/h1-3,6,13,16H,4-5,7-10,15H2,(H,18,19). The van der Waals surface area contributed by atoms with Gasteiger partial charge in [0.1, 0.15) is 0 Å². The van der Waals surface area contributed by atoms with Crippen molar-refractivity contribution in [3.05, 3.63) is 35.4 Å². The fourth-order valence-electron chi connectivity index (χ4n) is 2.57. The van der Waals surface area contributed by atoms with Gasteiger partial charge in [0.25, 0.3) is 0 Å². The molecule has 5 heteroatoms. The lowest BCUT2D eigenvalue weighted by Gasteiger charge is -2.16. The number of nitrogens with two attached hydrogens (primary N) is 1. The van der Waals surface area contributed by atoms with Crippen LogP contribution < -0.4 is 11.1 Å². The molecule has 0 bridgehead atoms. The van der Waals surface area contributed by atoms with Gasteiger partial charge in [-0.3, -0.25) is 4.90 Å². The number of amides is 1. The first-order valence-electron chi connectivity index (χ1n) is 6.64. The second kappa shape index (κ2) is 6.54. The largest absolute Gasteiger partial charge is 0.465 e. The summed E-state index contributed by atoms with van der Waals surface area (Å²) in [5.74, 6) is 0.425. The monoisotopic (exact) mass is 263 g/mol. The fourth-order valence-corrected chi connectivity index (χ4v) is 2.57. The molecule has 1 heterocycles. The van der Waals surface area contributed by atoms with Crippen LogP contribution in [0.1, 0.15) is 17.5 Å². The number of hydrogen-bond acceptors (Lipinski definition) is 3. The summed E-state index contributed by atoms with van der Waals surface area (Å²) < 4.78 is 0. The van der Waals surface area contributed by atoms with Gasteiger partial charge in [0.15, 0.2) is 0 Å². The van der Waals surface area contributed by atoms with Crippen molar-refractivity contribution in [2.75, 3.05) is 19.6 Å². The third kappa shape index (κ3) is 4.22. The van der Waals surface area contributed by atoms with Gasteiger partial charge in [-0.2, -0.15) is 0 Å². The molecule has 1 aliphatic rings. The van der Waals surface area contributed by atoms with Crippen molar-refractivity contribution < 1.29 is 9.90 Å².